The van der Waals surface area contributed by atoms with Crippen LogP contribution in [-0.4, -0.2) is 75.0 Å². The predicted molar refractivity (Wildman–Crippen MR) is 150 cm³/mol. The van der Waals surface area contributed by atoms with E-state index in [0.29, 0.717) is 19.5 Å². The lowest BCUT2D eigenvalue weighted by Crippen LogP contribution is -2.56. The first-order chi connectivity index (χ1) is 20.2. The van der Waals surface area contributed by atoms with Gasteiger partial charge in [-0.05, 0) is 49.7 Å². The maximum Gasteiger partial charge on any atom is 0.410 e. The zero-order chi connectivity index (χ0) is 29.4. The SMILES string of the molecule is O=C(N[C@H]1CCCCC/C=C\[C@@H]2C[C@@]2(C(=O)O)NC(=O)[C@@H]2C[C@@H](OC(=O)N3Cc4ccccc4C3)CN2C1=O)C1CC1. The number of rotatable bonds is 4. The average molecular weight is 579 g/mol. The van der Waals surface area contributed by atoms with Crippen LogP contribution >= 0.6 is 0 Å². The Morgan fingerprint density at radius 2 is 1.76 bits per heavy atom. The molecule has 1 aromatic rings. The summed E-state index contributed by atoms with van der Waals surface area (Å²) in [7, 11) is 0. The fraction of sp³-hybridized carbons (Fsp3) is 0.581. The second kappa shape index (κ2) is 11.4. The molecule has 0 aromatic heterocycles. The second-order valence-electron chi connectivity index (χ2n) is 12.4. The molecule has 5 atom stereocenters. The fourth-order valence-electron chi connectivity index (χ4n) is 6.46. The lowest BCUT2D eigenvalue weighted by molar-refractivity contribution is -0.146. The van der Waals surface area contributed by atoms with Crippen molar-refractivity contribution in [2.45, 2.75) is 94.6 Å². The number of aliphatic carboxylic acids is 1. The lowest BCUT2D eigenvalue weighted by Gasteiger charge is -2.29. The molecule has 0 radical (unpaired) electrons. The van der Waals surface area contributed by atoms with Crippen LogP contribution in [0.15, 0.2) is 36.4 Å². The minimum atomic E-state index is -1.42. The summed E-state index contributed by atoms with van der Waals surface area (Å²) in [6.45, 7) is 0.821. The number of benzene rings is 1. The highest BCUT2D eigenvalue weighted by molar-refractivity contribution is 5.96. The molecule has 0 bridgehead atoms. The van der Waals surface area contributed by atoms with Crippen LogP contribution < -0.4 is 10.6 Å². The van der Waals surface area contributed by atoms with Gasteiger partial charge in [0.25, 0.3) is 0 Å². The molecule has 3 heterocycles. The number of amides is 4. The molecule has 1 aromatic carbocycles. The third kappa shape index (κ3) is 5.73. The Labute approximate surface area is 244 Å². The van der Waals surface area contributed by atoms with Crippen LogP contribution in [0.4, 0.5) is 4.79 Å². The van der Waals surface area contributed by atoms with Crippen molar-refractivity contribution in [2.75, 3.05) is 6.54 Å². The zero-order valence-corrected chi connectivity index (χ0v) is 23.6. The highest BCUT2D eigenvalue weighted by atomic mass is 16.6. The summed E-state index contributed by atoms with van der Waals surface area (Å²) in [5.41, 5.74) is 0.673. The van der Waals surface area contributed by atoms with Gasteiger partial charge in [0.15, 0.2) is 0 Å². The van der Waals surface area contributed by atoms with E-state index in [1.165, 1.54) is 4.90 Å². The van der Waals surface area contributed by atoms with Gasteiger partial charge < -0.3 is 25.4 Å². The molecule has 42 heavy (non-hydrogen) atoms. The Hall–Kier alpha value is -3.89. The number of carboxylic acid groups (broad SMARTS) is 1. The molecule has 0 spiro atoms. The van der Waals surface area contributed by atoms with Crippen LogP contribution in [0.1, 0.15) is 68.9 Å². The molecule has 11 nitrogen and oxygen atoms in total. The Morgan fingerprint density at radius 3 is 2.45 bits per heavy atom. The summed E-state index contributed by atoms with van der Waals surface area (Å²) < 4.78 is 5.84. The monoisotopic (exact) mass is 578 g/mol. The summed E-state index contributed by atoms with van der Waals surface area (Å²) >= 11 is 0. The molecule has 3 N–H and O–H groups in total. The van der Waals surface area contributed by atoms with Crippen LogP contribution in [0.5, 0.6) is 0 Å². The van der Waals surface area contributed by atoms with E-state index in [9.17, 15) is 29.1 Å². The predicted octanol–water partition coefficient (Wildman–Crippen LogP) is 2.48. The van der Waals surface area contributed by atoms with Gasteiger partial charge in [-0.3, -0.25) is 19.3 Å². The Balaban J connectivity index is 1.22. The van der Waals surface area contributed by atoms with Crippen LogP contribution in [0.2, 0.25) is 0 Å². The molecule has 2 aliphatic carbocycles. The standard InChI is InChI=1S/C31H38N4O7/c36-26(19-12-13-19)32-24-11-5-3-1-2-4-10-22-15-31(22,29(39)40)33-27(37)25-14-23(18-35(25)28(24)38)42-30(41)34-16-20-8-6-7-9-21(20)17-34/h4,6-10,19,22-25H,1-3,5,11-18H2,(H,32,36)(H,33,37)(H,39,40)/b10-4-/t22-,23-,24+,25+,31-/m1/s1. The quantitative estimate of drug-likeness (QED) is 0.466. The topological polar surface area (TPSA) is 145 Å². The number of allylic oxidation sites excluding steroid dienone is 1. The number of nitrogens with one attached hydrogen (secondary N) is 2. The van der Waals surface area contributed by atoms with E-state index >= 15 is 0 Å². The summed E-state index contributed by atoms with van der Waals surface area (Å²) in [6.07, 6.45) is 8.11. The molecular weight excluding hydrogens is 540 g/mol. The first-order valence-corrected chi connectivity index (χ1v) is 15.1. The van der Waals surface area contributed by atoms with E-state index in [-0.39, 0.29) is 37.1 Å². The zero-order valence-electron chi connectivity index (χ0n) is 23.6. The molecule has 224 valence electrons. The van der Waals surface area contributed by atoms with Crippen LogP contribution in [0.25, 0.3) is 0 Å². The second-order valence-corrected chi connectivity index (χ2v) is 12.4. The highest BCUT2D eigenvalue weighted by Crippen LogP contribution is 2.45. The minimum Gasteiger partial charge on any atom is -0.479 e. The number of hydrogen-bond acceptors (Lipinski definition) is 6. The van der Waals surface area contributed by atoms with Crippen molar-refractivity contribution in [1.82, 2.24) is 20.4 Å². The fourth-order valence-corrected chi connectivity index (χ4v) is 6.46. The van der Waals surface area contributed by atoms with Gasteiger partial charge in [-0.25, -0.2) is 9.59 Å². The Morgan fingerprint density at radius 1 is 1.02 bits per heavy atom. The molecule has 2 saturated carbocycles. The van der Waals surface area contributed by atoms with Gasteiger partial charge in [0.1, 0.15) is 23.7 Å². The number of nitrogens with zero attached hydrogens (tertiary/aromatic N) is 2. The van der Waals surface area contributed by atoms with Gasteiger partial charge in [0, 0.05) is 31.3 Å². The van der Waals surface area contributed by atoms with E-state index in [2.05, 4.69) is 10.6 Å². The first-order valence-electron chi connectivity index (χ1n) is 15.1. The van der Waals surface area contributed by atoms with Gasteiger partial charge in [-0.1, -0.05) is 49.3 Å². The molecule has 3 fully saturated rings. The molecule has 6 rings (SSSR count). The van der Waals surface area contributed by atoms with Crippen LogP contribution in [0, 0.1) is 11.8 Å². The summed E-state index contributed by atoms with van der Waals surface area (Å²) in [5, 5.41) is 15.7. The minimum absolute atomic E-state index is 0.0113. The maximum atomic E-state index is 14.0. The van der Waals surface area contributed by atoms with Gasteiger partial charge in [0.2, 0.25) is 17.7 Å². The van der Waals surface area contributed by atoms with E-state index in [4.69, 9.17) is 4.74 Å². The van der Waals surface area contributed by atoms with Gasteiger partial charge in [-0.2, -0.15) is 0 Å². The number of carbonyl (C=O) groups excluding carboxylic acids is 4. The smallest absolute Gasteiger partial charge is 0.410 e. The van der Waals surface area contributed by atoms with Gasteiger partial charge in [-0.15, -0.1) is 0 Å². The molecule has 1 saturated heterocycles. The van der Waals surface area contributed by atoms with Crippen molar-refractivity contribution >= 4 is 29.8 Å². The van der Waals surface area contributed by atoms with Crippen molar-refractivity contribution in [3.05, 3.63) is 47.5 Å². The summed E-state index contributed by atoms with van der Waals surface area (Å²) in [6, 6.07) is 5.93. The van der Waals surface area contributed by atoms with E-state index in [0.717, 1.165) is 49.7 Å². The highest BCUT2D eigenvalue weighted by Gasteiger charge is 2.61. The van der Waals surface area contributed by atoms with Crippen LogP contribution in [0.3, 0.4) is 0 Å². The van der Waals surface area contributed by atoms with Gasteiger partial charge >= 0.3 is 12.1 Å². The molecule has 5 aliphatic rings. The van der Waals surface area contributed by atoms with E-state index in [1.54, 1.807) is 4.90 Å². The number of fused-ring (bicyclic) bond motifs is 3. The number of hydrogen-bond donors (Lipinski definition) is 3. The third-order valence-corrected chi connectivity index (χ3v) is 9.25. The number of carbonyl (C=O) groups is 5. The molecule has 4 amide bonds. The van der Waals surface area contributed by atoms with E-state index in [1.807, 2.05) is 36.4 Å². The van der Waals surface area contributed by atoms with Crippen molar-refractivity contribution in [3.63, 3.8) is 0 Å². The third-order valence-electron chi connectivity index (χ3n) is 9.25. The Bertz CT molecular complexity index is 1280. The van der Waals surface area contributed by atoms with Gasteiger partial charge in [0.05, 0.1) is 6.54 Å². The number of ether oxygens (including phenoxy) is 1. The molecule has 11 heteroatoms. The lowest BCUT2D eigenvalue weighted by atomic mass is 10.0. The average Bonchev–Trinajstić information content (AvgIpc) is 3.85. The van der Waals surface area contributed by atoms with E-state index < -0.39 is 47.6 Å². The first kappa shape index (κ1) is 28.2. The Kier molecular flexibility index (Phi) is 7.67. The number of carboxylic acids is 1. The maximum absolute atomic E-state index is 14.0. The normalized spacial score (nSPS) is 31.9. The summed E-state index contributed by atoms with van der Waals surface area (Å²) in [5.74, 6) is -2.67. The van der Waals surface area contributed by atoms with Crippen molar-refractivity contribution < 1.29 is 33.8 Å². The van der Waals surface area contributed by atoms with Crippen molar-refractivity contribution in [1.29, 1.82) is 0 Å². The van der Waals surface area contributed by atoms with Crippen molar-refractivity contribution in [3.8, 4) is 0 Å². The van der Waals surface area contributed by atoms with Crippen molar-refractivity contribution in [2.24, 2.45) is 11.8 Å². The summed E-state index contributed by atoms with van der Waals surface area (Å²) in [4.78, 5) is 68.7. The molecular formula is C31H38N4O7. The van der Waals surface area contributed by atoms with Crippen LogP contribution in [-0.2, 0) is 37.0 Å². The largest absolute Gasteiger partial charge is 0.479 e. The molecule has 3 aliphatic heterocycles. The molecule has 0 unspecified atom stereocenters.